The lowest BCUT2D eigenvalue weighted by atomic mass is 10.0. The first kappa shape index (κ1) is 27.6. The molecule has 2 aromatic rings. The average Bonchev–Trinajstić information content (AvgIpc) is 2.86. The van der Waals surface area contributed by atoms with Gasteiger partial charge in [-0.25, -0.2) is 0 Å². The predicted molar refractivity (Wildman–Crippen MR) is 140 cm³/mol. The molecular formula is C29H42N2O3. The summed E-state index contributed by atoms with van der Waals surface area (Å²) in [6.45, 7) is 2.27. The number of benzene rings is 2. The summed E-state index contributed by atoms with van der Waals surface area (Å²) in [4.78, 5) is 12.1. The van der Waals surface area contributed by atoms with Crippen molar-refractivity contribution < 1.29 is 14.3 Å². The highest BCUT2D eigenvalue weighted by Gasteiger charge is 2.05. The van der Waals surface area contributed by atoms with Crippen molar-refractivity contribution in [3.8, 4) is 11.5 Å². The first-order valence-corrected chi connectivity index (χ1v) is 13.1. The molecule has 0 radical (unpaired) electrons. The molecule has 0 aliphatic rings. The van der Waals surface area contributed by atoms with Gasteiger partial charge in [0.25, 0.3) is 0 Å². The average molecular weight is 467 g/mol. The fourth-order valence-corrected chi connectivity index (χ4v) is 3.81. The quantitative estimate of drug-likeness (QED) is 0.0951. The van der Waals surface area contributed by atoms with Crippen LogP contribution in [-0.4, -0.2) is 13.1 Å². The van der Waals surface area contributed by atoms with Crippen LogP contribution in [-0.2, 0) is 4.79 Å². The minimum atomic E-state index is -0.171. The number of unbranched alkanes of at least 4 members (excludes halogenated alkanes) is 12. The summed E-state index contributed by atoms with van der Waals surface area (Å²) in [5, 5.41) is 8.42. The molecule has 0 heterocycles. The molecule has 0 atom stereocenters. The Labute approximate surface area is 206 Å². The summed E-state index contributed by atoms with van der Waals surface area (Å²) in [5.41, 5.74) is 1.45. The molecule has 2 rings (SSSR count). The van der Waals surface area contributed by atoms with E-state index in [0.717, 1.165) is 24.3 Å². The van der Waals surface area contributed by atoms with Gasteiger partial charge in [0, 0.05) is 6.42 Å². The van der Waals surface area contributed by atoms with E-state index in [1.807, 2.05) is 24.3 Å². The van der Waals surface area contributed by atoms with Gasteiger partial charge < -0.3 is 9.47 Å². The van der Waals surface area contributed by atoms with Crippen LogP contribution in [0.5, 0.6) is 11.5 Å². The van der Waals surface area contributed by atoms with E-state index >= 15 is 0 Å². The van der Waals surface area contributed by atoms with E-state index in [2.05, 4.69) is 17.2 Å². The van der Waals surface area contributed by atoms with E-state index in [4.69, 9.17) is 9.47 Å². The smallest absolute Gasteiger partial charge is 0.311 e. The Morgan fingerprint density at radius 2 is 1.03 bits per heavy atom. The van der Waals surface area contributed by atoms with Gasteiger partial charge in [-0.05, 0) is 55.0 Å². The highest BCUT2D eigenvalue weighted by molar-refractivity contribution is 5.72. The second kappa shape index (κ2) is 17.7. The van der Waals surface area contributed by atoms with Gasteiger partial charge in [0.1, 0.15) is 11.5 Å². The van der Waals surface area contributed by atoms with Gasteiger partial charge in [-0.3, -0.25) is 4.79 Å². The molecule has 0 saturated heterocycles. The summed E-state index contributed by atoms with van der Waals surface area (Å²) in [6.07, 6.45) is 17.3. The SMILES string of the molecule is CCCCCCCCCCCCCCCC(=O)Oc1ccc(N=Nc2ccc(OC)cc2)cc1. The van der Waals surface area contributed by atoms with Crippen LogP contribution in [0.15, 0.2) is 58.8 Å². The summed E-state index contributed by atoms with van der Waals surface area (Å²) >= 11 is 0. The van der Waals surface area contributed by atoms with E-state index < -0.39 is 0 Å². The normalized spacial score (nSPS) is 11.1. The maximum absolute atomic E-state index is 12.1. The molecule has 0 spiro atoms. The predicted octanol–water partition coefficient (Wildman–Crippen LogP) is 9.50. The van der Waals surface area contributed by atoms with Crippen LogP contribution in [0, 0.1) is 0 Å². The molecule has 0 aliphatic carbocycles. The van der Waals surface area contributed by atoms with Gasteiger partial charge in [-0.15, -0.1) is 0 Å². The highest BCUT2D eigenvalue weighted by atomic mass is 16.5. The Balaban J connectivity index is 1.51. The first-order chi connectivity index (χ1) is 16.7. The maximum atomic E-state index is 12.1. The van der Waals surface area contributed by atoms with Gasteiger partial charge in [0.2, 0.25) is 0 Å². The fraction of sp³-hybridized carbons (Fsp3) is 0.552. The Bertz CT molecular complexity index is 816. The van der Waals surface area contributed by atoms with E-state index in [1.54, 1.807) is 31.4 Å². The molecule has 2 aromatic carbocycles. The van der Waals surface area contributed by atoms with Crippen molar-refractivity contribution in [1.29, 1.82) is 0 Å². The van der Waals surface area contributed by atoms with E-state index in [9.17, 15) is 4.79 Å². The number of nitrogens with zero attached hydrogens (tertiary/aromatic N) is 2. The number of ether oxygens (including phenoxy) is 2. The van der Waals surface area contributed by atoms with Crippen molar-refractivity contribution in [2.24, 2.45) is 10.2 Å². The number of hydrogen-bond donors (Lipinski definition) is 0. The molecule has 0 amide bonds. The lowest BCUT2D eigenvalue weighted by Crippen LogP contribution is -2.07. The van der Waals surface area contributed by atoms with Crippen LogP contribution >= 0.6 is 0 Å². The van der Waals surface area contributed by atoms with Gasteiger partial charge in [0.15, 0.2) is 0 Å². The van der Waals surface area contributed by atoms with Crippen molar-refractivity contribution in [2.45, 2.75) is 96.8 Å². The minimum Gasteiger partial charge on any atom is -0.497 e. The Kier molecular flexibility index (Phi) is 14.4. The zero-order chi connectivity index (χ0) is 24.3. The number of azo groups is 1. The van der Waals surface area contributed by atoms with Gasteiger partial charge in [-0.1, -0.05) is 84.0 Å². The molecule has 0 bridgehead atoms. The zero-order valence-corrected chi connectivity index (χ0v) is 21.1. The maximum Gasteiger partial charge on any atom is 0.311 e. The summed E-state index contributed by atoms with van der Waals surface area (Å²) in [6, 6.07) is 14.5. The largest absolute Gasteiger partial charge is 0.497 e. The number of esters is 1. The molecule has 0 aromatic heterocycles. The number of rotatable bonds is 18. The Hall–Kier alpha value is -2.69. The van der Waals surface area contributed by atoms with Crippen molar-refractivity contribution in [3.05, 3.63) is 48.5 Å². The number of carbonyl (C=O) groups is 1. The molecule has 0 fully saturated rings. The lowest BCUT2D eigenvalue weighted by molar-refractivity contribution is -0.134. The van der Waals surface area contributed by atoms with Crippen LogP contribution in [0.25, 0.3) is 0 Å². The summed E-state index contributed by atoms with van der Waals surface area (Å²) in [7, 11) is 1.63. The first-order valence-electron chi connectivity index (χ1n) is 13.1. The van der Waals surface area contributed by atoms with Crippen LogP contribution in [0.2, 0.25) is 0 Å². The third-order valence-electron chi connectivity index (χ3n) is 5.91. The van der Waals surface area contributed by atoms with E-state index in [-0.39, 0.29) is 5.97 Å². The molecule has 0 unspecified atom stereocenters. The topological polar surface area (TPSA) is 60.2 Å². The standard InChI is InChI=1S/C29H42N2O3/c1-3-4-5-6-7-8-9-10-11-12-13-14-15-16-29(32)34-28-23-19-26(20-24-28)31-30-25-17-21-27(33-2)22-18-25/h17-24H,3-16H2,1-2H3. The van der Waals surface area contributed by atoms with Crippen molar-refractivity contribution in [3.63, 3.8) is 0 Å². The third-order valence-corrected chi connectivity index (χ3v) is 5.91. The van der Waals surface area contributed by atoms with Gasteiger partial charge in [-0.2, -0.15) is 10.2 Å². The molecule has 0 N–H and O–H groups in total. The number of hydrogen-bond acceptors (Lipinski definition) is 5. The third kappa shape index (κ3) is 12.5. The van der Waals surface area contributed by atoms with Crippen LogP contribution < -0.4 is 9.47 Å². The van der Waals surface area contributed by atoms with Crippen molar-refractivity contribution >= 4 is 17.3 Å². The molecule has 186 valence electrons. The summed E-state index contributed by atoms with van der Waals surface area (Å²) < 4.78 is 10.6. The molecule has 5 heteroatoms. The van der Waals surface area contributed by atoms with Crippen LogP contribution in [0.1, 0.15) is 96.8 Å². The van der Waals surface area contributed by atoms with Crippen molar-refractivity contribution in [1.82, 2.24) is 0 Å². The second-order valence-corrected chi connectivity index (χ2v) is 8.86. The van der Waals surface area contributed by atoms with Gasteiger partial charge in [0.05, 0.1) is 18.5 Å². The zero-order valence-electron chi connectivity index (χ0n) is 21.1. The van der Waals surface area contributed by atoms with E-state index in [1.165, 1.54) is 70.6 Å². The summed E-state index contributed by atoms with van der Waals surface area (Å²) in [5.74, 6) is 1.16. The Morgan fingerprint density at radius 1 is 0.618 bits per heavy atom. The molecular weight excluding hydrogens is 424 g/mol. The molecule has 34 heavy (non-hydrogen) atoms. The highest BCUT2D eigenvalue weighted by Crippen LogP contribution is 2.23. The fourth-order valence-electron chi connectivity index (χ4n) is 3.81. The monoisotopic (exact) mass is 466 g/mol. The molecule has 0 saturated carbocycles. The lowest BCUT2D eigenvalue weighted by Gasteiger charge is -2.05. The second-order valence-electron chi connectivity index (χ2n) is 8.86. The van der Waals surface area contributed by atoms with E-state index in [0.29, 0.717) is 17.9 Å². The van der Waals surface area contributed by atoms with Crippen molar-refractivity contribution in [2.75, 3.05) is 7.11 Å². The Morgan fingerprint density at radius 3 is 1.47 bits per heavy atom. The number of carbonyl (C=O) groups excluding carboxylic acids is 1. The molecule has 5 nitrogen and oxygen atoms in total. The minimum absolute atomic E-state index is 0.171. The molecule has 0 aliphatic heterocycles. The van der Waals surface area contributed by atoms with Crippen LogP contribution in [0.4, 0.5) is 11.4 Å². The van der Waals surface area contributed by atoms with Crippen LogP contribution in [0.3, 0.4) is 0 Å². The number of methoxy groups -OCH3 is 1. The van der Waals surface area contributed by atoms with Gasteiger partial charge >= 0.3 is 5.97 Å².